The Labute approximate surface area is 88.9 Å². The molecule has 0 aliphatic rings. The summed E-state index contributed by atoms with van der Waals surface area (Å²) in [6.45, 7) is 0. The van der Waals surface area contributed by atoms with Crippen molar-refractivity contribution in [3.8, 4) is 0 Å². The molecule has 2 aromatic heterocycles. The van der Waals surface area contributed by atoms with Crippen LogP contribution in [0, 0.1) is 0 Å². The first-order valence-corrected chi connectivity index (χ1v) is 5.08. The molecular formula is C8H7BrClN3. The number of hydrogen-bond donors (Lipinski definition) is 0. The molecule has 0 saturated heterocycles. The fourth-order valence-corrected chi connectivity index (χ4v) is 1.78. The van der Waals surface area contributed by atoms with E-state index in [4.69, 9.17) is 11.6 Å². The molecule has 0 amide bonds. The van der Waals surface area contributed by atoms with Crippen molar-refractivity contribution >= 4 is 38.7 Å². The van der Waals surface area contributed by atoms with Gasteiger partial charge >= 0.3 is 0 Å². The van der Waals surface area contributed by atoms with Crippen LogP contribution in [0.25, 0.3) is 11.2 Å². The Hall–Kier alpha value is -0.610. The van der Waals surface area contributed by atoms with Gasteiger partial charge in [0.15, 0.2) is 5.65 Å². The Morgan fingerprint density at radius 1 is 1.62 bits per heavy atom. The molecule has 0 bridgehead atoms. The number of rotatable bonds is 1. The Kier molecular flexibility index (Phi) is 2.26. The highest BCUT2D eigenvalue weighted by Crippen LogP contribution is 2.17. The van der Waals surface area contributed by atoms with Crippen LogP contribution in [0.2, 0.25) is 0 Å². The summed E-state index contributed by atoms with van der Waals surface area (Å²) in [7, 11) is 1.91. The van der Waals surface area contributed by atoms with Crippen LogP contribution in [0.1, 0.15) is 5.82 Å². The van der Waals surface area contributed by atoms with Gasteiger partial charge in [0.2, 0.25) is 0 Å². The molecule has 0 aliphatic carbocycles. The fourth-order valence-electron chi connectivity index (χ4n) is 1.22. The van der Waals surface area contributed by atoms with Crippen LogP contribution < -0.4 is 0 Å². The highest BCUT2D eigenvalue weighted by atomic mass is 79.9. The van der Waals surface area contributed by atoms with E-state index in [1.807, 2.05) is 17.7 Å². The first kappa shape index (κ1) is 8.97. The molecule has 0 spiro atoms. The number of alkyl halides is 1. The normalized spacial score (nSPS) is 11.0. The van der Waals surface area contributed by atoms with Crippen molar-refractivity contribution in [2.45, 2.75) is 5.88 Å². The van der Waals surface area contributed by atoms with Crippen LogP contribution in [0.5, 0.6) is 0 Å². The van der Waals surface area contributed by atoms with Crippen molar-refractivity contribution < 1.29 is 0 Å². The SMILES string of the molecule is Cn1c(CCl)nc2cc(Br)cnc21. The molecule has 0 radical (unpaired) electrons. The molecule has 0 fully saturated rings. The third-order valence-corrected chi connectivity index (χ3v) is 2.56. The predicted octanol–water partition coefficient (Wildman–Crippen LogP) is 2.47. The minimum atomic E-state index is 0.407. The van der Waals surface area contributed by atoms with Crippen LogP contribution in [0.15, 0.2) is 16.7 Å². The quantitative estimate of drug-likeness (QED) is 0.738. The second kappa shape index (κ2) is 3.27. The summed E-state index contributed by atoms with van der Waals surface area (Å²) in [4.78, 5) is 8.57. The van der Waals surface area contributed by atoms with E-state index in [1.165, 1.54) is 0 Å². The monoisotopic (exact) mass is 259 g/mol. The van der Waals surface area contributed by atoms with Crippen molar-refractivity contribution in [3.05, 3.63) is 22.6 Å². The fraction of sp³-hybridized carbons (Fsp3) is 0.250. The van der Waals surface area contributed by atoms with E-state index >= 15 is 0 Å². The molecule has 0 atom stereocenters. The zero-order chi connectivity index (χ0) is 9.42. The summed E-state index contributed by atoms with van der Waals surface area (Å²) in [5, 5.41) is 0. The Bertz CT molecular complexity index is 452. The predicted molar refractivity (Wildman–Crippen MR) is 55.8 cm³/mol. The maximum Gasteiger partial charge on any atom is 0.159 e. The summed E-state index contributed by atoms with van der Waals surface area (Å²) in [6, 6.07) is 1.93. The van der Waals surface area contributed by atoms with Crippen molar-refractivity contribution in [2.24, 2.45) is 7.05 Å². The Balaban J connectivity index is 2.76. The molecule has 13 heavy (non-hydrogen) atoms. The number of nitrogens with zero attached hydrogens (tertiary/aromatic N) is 3. The summed E-state index contributed by atoms with van der Waals surface area (Å²) in [5.74, 6) is 1.24. The van der Waals surface area contributed by atoms with Crippen molar-refractivity contribution in [1.82, 2.24) is 14.5 Å². The van der Waals surface area contributed by atoms with E-state index in [9.17, 15) is 0 Å². The Morgan fingerprint density at radius 2 is 2.38 bits per heavy atom. The van der Waals surface area contributed by atoms with Gasteiger partial charge in [-0.05, 0) is 22.0 Å². The van der Waals surface area contributed by atoms with Crippen molar-refractivity contribution in [2.75, 3.05) is 0 Å². The van der Waals surface area contributed by atoms with E-state index in [2.05, 4.69) is 25.9 Å². The summed E-state index contributed by atoms with van der Waals surface area (Å²) < 4.78 is 2.83. The number of imidazole rings is 1. The lowest BCUT2D eigenvalue weighted by atomic mass is 10.4. The van der Waals surface area contributed by atoms with Gasteiger partial charge in [0.1, 0.15) is 11.3 Å². The molecule has 2 rings (SSSR count). The molecule has 3 nitrogen and oxygen atoms in total. The third-order valence-electron chi connectivity index (χ3n) is 1.89. The smallest absolute Gasteiger partial charge is 0.159 e. The van der Waals surface area contributed by atoms with Gasteiger partial charge in [0.05, 0.1) is 5.88 Å². The lowest BCUT2D eigenvalue weighted by Crippen LogP contribution is -1.94. The van der Waals surface area contributed by atoms with Crippen LogP contribution in [0.3, 0.4) is 0 Å². The van der Waals surface area contributed by atoms with Gasteiger partial charge in [-0.2, -0.15) is 0 Å². The van der Waals surface area contributed by atoms with Gasteiger partial charge in [-0.15, -0.1) is 11.6 Å². The zero-order valence-electron chi connectivity index (χ0n) is 6.96. The third kappa shape index (κ3) is 1.44. The lowest BCUT2D eigenvalue weighted by Gasteiger charge is -1.95. The van der Waals surface area contributed by atoms with Gasteiger partial charge in [-0.1, -0.05) is 0 Å². The van der Waals surface area contributed by atoms with Crippen molar-refractivity contribution in [3.63, 3.8) is 0 Å². The number of halogens is 2. The second-order valence-electron chi connectivity index (χ2n) is 2.72. The summed E-state index contributed by atoms with van der Waals surface area (Å²) >= 11 is 9.06. The van der Waals surface area contributed by atoms with E-state index in [0.717, 1.165) is 21.5 Å². The summed E-state index contributed by atoms with van der Waals surface area (Å²) in [5.41, 5.74) is 1.73. The molecular weight excluding hydrogens is 253 g/mol. The lowest BCUT2D eigenvalue weighted by molar-refractivity contribution is 0.862. The maximum absolute atomic E-state index is 5.72. The number of aromatic nitrogens is 3. The maximum atomic E-state index is 5.72. The first-order chi connectivity index (χ1) is 6.22. The van der Waals surface area contributed by atoms with Crippen molar-refractivity contribution in [1.29, 1.82) is 0 Å². The van der Waals surface area contributed by atoms with E-state index in [0.29, 0.717) is 5.88 Å². The van der Waals surface area contributed by atoms with E-state index in [-0.39, 0.29) is 0 Å². The van der Waals surface area contributed by atoms with Gasteiger partial charge in [-0.25, -0.2) is 9.97 Å². The number of aryl methyl sites for hydroxylation is 1. The Morgan fingerprint density at radius 3 is 3.08 bits per heavy atom. The van der Waals surface area contributed by atoms with Crippen LogP contribution in [0.4, 0.5) is 0 Å². The first-order valence-electron chi connectivity index (χ1n) is 3.75. The molecule has 0 N–H and O–H groups in total. The molecule has 0 unspecified atom stereocenters. The molecule has 2 aromatic rings. The number of pyridine rings is 1. The highest BCUT2D eigenvalue weighted by molar-refractivity contribution is 9.10. The molecule has 2 heterocycles. The zero-order valence-corrected chi connectivity index (χ0v) is 9.30. The largest absolute Gasteiger partial charge is 0.315 e. The average molecular weight is 261 g/mol. The van der Waals surface area contributed by atoms with E-state index < -0.39 is 0 Å². The van der Waals surface area contributed by atoms with Gasteiger partial charge < -0.3 is 4.57 Å². The second-order valence-corrected chi connectivity index (χ2v) is 3.90. The van der Waals surface area contributed by atoms with Gasteiger partial charge in [0.25, 0.3) is 0 Å². The van der Waals surface area contributed by atoms with E-state index in [1.54, 1.807) is 6.20 Å². The molecule has 68 valence electrons. The number of fused-ring (bicyclic) bond motifs is 1. The number of hydrogen-bond acceptors (Lipinski definition) is 2. The molecule has 0 saturated carbocycles. The highest BCUT2D eigenvalue weighted by Gasteiger charge is 2.07. The minimum Gasteiger partial charge on any atom is -0.315 e. The van der Waals surface area contributed by atoms with Gasteiger partial charge in [-0.3, -0.25) is 0 Å². The molecule has 0 aromatic carbocycles. The van der Waals surface area contributed by atoms with Gasteiger partial charge in [0, 0.05) is 17.7 Å². The average Bonchev–Trinajstić information content (AvgIpc) is 2.42. The standard InChI is InChI=1S/C8H7BrClN3/c1-13-7(3-10)12-6-2-5(9)4-11-8(6)13/h2,4H,3H2,1H3. The molecule has 5 heteroatoms. The topological polar surface area (TPSA) is 30.7 Å². The molecule has 0 aliphatic heterocycles. The van der Waals surface area contributed by atoms with Crippen LogP contribution >= 0.6 is 27.5 Å². The van der Waals surface area contributed by atoms with Crippen LogP contribution in [-0.2, 0) is 12.9 Å². The minimum absolute atomic E-state index is 0.407. The summed E-state index contributed by atoms with van der Waals surface area (Å²) in [6.07, 6.45) is 1.75. The van der Waals surface area contributed by atoms with Crippen LogP contribution in [-0.4, -0.2) is 14.5 Å².